The number of carbonyl (C=O) groups is 2. The van der Waals surface area contributed by atoms with Crippen LogP contribution in [0.5, 0.6) is 0 Å². The number of hydrogen-bond acceptors (Lipinski definition) is 5. The van der Waals surface area contributed by atoms with E-state index >= 15 is 0 Å². The van der Waals surface area contributed by atoms with E-state index in [2.05, 4.69) is 5.10 Å². The molecule has 0 atom stereocenters. The smallest absolute Gasteiger partial charge is 0.341 e. The van der Waals surface area contributed by atoms with Gasteiger partial charge in [-0.15, -0.1) is 0 Å². The molecule has 6 nitrogen and oxygen atoms in total. The minimum atomic E-state index is -0.442. The number of aldehydes is 1. The lowest BCUT2D eigenvalue weighted by atomic mass is 10.2. The molecule has 0 aliphatic heterocycles. The van der Waals surface area contributed by atoms with Crippen molar-refractivity contribution >= 4 is 12.3 Å². The van der Waals surface area contributed by atoms with Crippen molar-refractivity contribution in [3.05, 3.63) is 17.5 Å². The minimum absolute atomic E-state index is 0.0970. The highest BCUT2D eigenvalue weighted by molar-refractivity contribution is 5.90. The molecule has 0 radical (unpaired) electrons. The van der Waals surface area contributed by atoms with E-state index < -0.39 is 5.97 Å². The summed E-state index contributed by atoms with van der Waals surface area (Å²) >= 11 is 0. The van der Waals surface area contributed by atoms with E-state index in [4.69, 9.17) is 9.47 Å². The molecular weight excluding hydrogens is 248 g/mol. The zero-order valence-corrected chi connectivity index (χ0v) is 11.6. The zero-order chi connectivity index (χ0) is 14.3. The van der Waals surface area contributed by atoms with Crippen LogP contribution < -0.4 is 0 Å². The topological polar surface area (TPSA) is 70.4 Å². The lowest BCUT2D eigenvalue weighted by Crippen LogP contribution is -2.13. The molecule has 6 heteroatoms. The van der Waals surface area contributed by atoms with E-state index in [-0.39, 0.29) is 13.2 Å². The number of esters is 1. The fraction of sp³-hybridized carbons (Fsp3) is 0.615. The highest BCUT2D eigenvalue weighted by Gasteiger charge is 2.18. The van der Waals surface area contributed by atoms with Gasteiger partial charge in [-0.1, -0.05) is 13.8 Å². The number of carbonyl (C=O) groups excluding carboxylic acids is 2. The number of hydrogen-bond donors (Lipinski definition) is 0. The molecular formula is C13H20N2O4. The van der Waals surface area contributed by atoms with Gasteiger partial charge in [0.25, 0.3) is 0 Å². The molecule has 1 aromatic rings. The van der Waals surface area contributed by atoms with Crippen LogP contribution in [-0.4, -0.2) is 35.2 Å². The van der Waals surface area contributed by atoms with E-state index in [0.717, 1.165) is 6.29 Å². The molecule has 0 aliphatic rings. The summed E-state index contributed by atoms with van der Waals surface area (Å²) in [6.45, 7) is 7.02. The van der Waals surface area contributed by atoms with Gasteiger partial charge in [0.1, 0.15) is 11.8 Å². The molecule has 0 spiro atoms. The maximum absolute atomic E-state index is 11.8. The number of nitrogens with zero attached hydrogens (tertiary/aromatic N) is 2. The summed E-state index contributed by atoms with van der Waals surface area (Å²) < 4.78 is 11.9. The Labute approximate surface area is 112 Å². The predicted molar refractivity (Wildman–Crippen MR) is 68.7 cm³/mol. The second kappa shape index (κ2) is 7.68. The van der Waals surface area contributed by atoms with E-state index in [1.807, 2.05) is 13.8 Å². The highest BCUT2D eigenvalue weighted by atomic mass is 16.5. The summed E-state index contributed by atoms with van der Waals surface area (Å²) in [5.41, 5.74) is 0.929. The molecule has 106 valence electrons. The molecule has 0 bridgehead atoms. The Kier molecular flexibility index (Phi) is 6.21. The molecule has 1 rings (SSSR count). The summed E-state index contributed by atoms with van der Waals surface area (Å²) in [5.74, 6) is -0.0451. The molecule has 0 N–H and O–H groups in total. The first-order chi connectivity index (χ1) is 9.10. The van der Waals surface area contributed by atoms with E-state index in [1.165, 1.54) is 10.9 Å². The SMILES string of the molecule is CCOC(=O)c1cnn(CC=O)c1COCC(C)C. The largest absolute Gasteiger partial charge is 0.462 e. The van der Waals surface area contributed by atoms with Crippen LogP contribution in [0.4, 0.5) is 0 Å². The Morgan fingerprint density at radius 1 is 1.53 bits per heavy atom. The third-order valence-electron chi connectivity index (χ3n) is 2.38. The summed E-state index contributed by atoms with van der Waals surface area (Å²) in [4.78, 5) is 22.4. The first kappa shape index (κ1) is 15.4. The first-order valence-electron chi connectivity index (χ1n) is 6.33. The van der Waals surface area contributed by atoms with Gasteiger partial charge in [-0.25, -0.2) is 4.79 Å². The monoisotopic (exact) mass is 268 g/mol. The summed E-state index contributed by atoms with van der Waals surface area (Å²) in [7, 11) is 0. The molecule has 19 heavy (non-hydrogen) atoms. The van der Waals surface area contributed by atoms with Crippen molar-refractivity contribution in [3.63, 3.8) is 0 Å². The number of ether oxygens (including phenoxy) is 2. The van der Waals surface area contributed by atoms with Crippen LogP contribution in [0.25, 0.3) is 0 Å². The van der Waals surface area contributed by atoms with Gasteiger partial charge in [-0.3, -0.25) is 4.68 Å². The number of aromatic nitrogens is 2. The van der Waals surface area contributed by atoms with Crippen LogP contribution in [0.2, 0.25) is 0 Å². The summed E-state index contributed by atoms with van der Waals surface area (Å²) in [5, 5.41) is 4.01. The van der Waals surface area contributed by atoms with Crippen molar-refractivity contribution in [2.45, 2.75) is 33.9 Å². The van der Waals surface area contributed by atoms with E-state index in [9.17, 15) is 9.59 Å². The predicted octanol–water partition coefficient (Wildman–Crippen LogP) is 1.43. The van der Waals surface area contributed by atoms with Gasteiger partial charge in [-0.05, 0) is 12.8 Å². The molecule has 0 unspecified atom stereocenters. The molecule has 0 aliphatic carbocycles. The molecule has 1 heterocycles. The van der Waals surface area contributed by atoms with Gasteiger partial charge in [0, 0.05) is 6.61 Å². The zero-order valence-electron chi connectivity index (χ0n) is 11.6. The lowest BCUT2D eigenvalue weighted by Gasteiger charge is -2.10. The Hall–Kier alpha value is -1.69. The van der Waals surface area contributed by atoms with Crippen molar-refractivity contribution in [3.8, 4) is 0 Å². The van der Waals surface area contributed by atoms with Crippen LogP contribution in [-0.2, 0) is 27.4 Å². The van der Waals surface area contributed by atoms with Gasteiger partial charge in [0.15, 0.2) is 0 Å². The quantitative estimate of drug-likeness (QED) is 0.527. The highest BCUT2D eigenvalue weighted by Crippen LogP contribution is 2.12. The maximum atomic E-state index is 11.8. The fourth-order valence-corrected chi connectivity index (χ4v) is 1.56. The third kappa shape index (κ3) is 4.48. The Balaban J connectivity index is 2.84. The number of rotatable bonds is 8. The van der Waals surface area contributed by atoms with E-state index in [0.29, 0.717) is 30.4 Å². The Bertz CT molecular complexity index is 426. The van der Waals surface area contributed by atoms with Crippen molar-refractivity contribution in [1.82, 2.24) is 9.78 Å². The minimum Gasteiger partial charge on any atom is -0.462 e. The maximum Gasteiger partial charge on any atom is 0.341 e. The Morgan fingerprint density at radius 3 is 2.84 bits per heavy atom. The van der Waals surface area contributed by atoms with Gasteiger partial charge in [0.05, 0.1) is 31.6 Å². The van der Waals surface area contributed by atoms with Crippen LogP contribution in [0.3, 0.4) is 0 Å². The van der Waals surface area contributed by atoms with Crippen molar-refractivity contribution in [1.29, 1.82) is 0 Å². The molecule has 1 aromatic heterocycles. The second-order valence-electron chi connectivity index (χ2n) is 4.48. The lowest BCUT2D eigenvalue weighted by molar-refractivity contribution is -0.108. The fourth-order valence-electron chi connectivity index (χ4n) is 1.56. The van der Waals surface area contributed by atoms with Crippen LogP contribution in [0.15, 0.2) is 6.20 Å². The molecule has 0 saturated carbocycles. The normalized spacial score (nSPS) is 10.7. The average molecular weight is 268 g/mol. The molecule has 0 amide bonds. The second-order valence-corrected chi connectivity index (χ2v) is 4.48. The first-order valence-corrected chi connectivity index (χ1v) is 6.33. The van der Waals surface area contributed by atoms with Crippen molar-refractivity contribution in [2.75, 3.05) is 13.2 Å². The Morgan fingerprint density at radius 2 is 2.26 bits per heavy atom. The van der Waals surface area contributed by atoms with Gasteiger partial charge < -0.3 is 14.3 Å². The molecule has 0 saturated heterocycles. The van der Waals surface area contributed by atoms with Crippen LogP contribution >= 0.6 is 0 Å². The van der Waals surface area contributed by atoms with Crippen molar-refractivity contribution < 1.29 is 19.1 Å². The standard InChI is InChI=1S/C13H20N2O4/c1-4-19-13(17)11-7-14-15(5-6-16)12(11)9-18-8-10(2)3/h6-7,10H,4-5,8-9H2,1-3H3. The van der Waals surface area contributed by atoms with Crippen LogP contribution in [0.1, 0.15) is 36.8 Å². The van der Waals surface area contributed by atoms with Gasteiger partial charge in [0.2, 0.25) is 0 Å². The van der Waals surface area contributed by atoms with Crippen molar-refractivity contribution in [2.24, 2.45) is 5.92 Å². The van der Waals surface area contributed by atoms with Gasteiger partial charge >= 0.3 is 5.97 Å². The summed E-state index contributed by atoms with van der Waals surface area (Å²) in [6.07, 6.45) is 2.14. The molecule has 0 fully saturated rings. The molecule has 0 aromatic carbocycles. The van der Waals surface area contributed by atoms with Crippen LogP contribution in [0, 0.1) is 5.92 Å². The summed E-state index contributed by atoms with van der Waals surface area (Å²) in [6, 6.07) is 0. The van der Waals surface area contributed by atoms with Gasteiger partial charge in [-0.2, -0.15) is 5.10 Å². The average Bonchev–Trinajstić information content (AvgIpc) is 2.73. The third-order valence-corrected chi connectivity index (χ3v) is 2.38. The van der Waals surface area contributed by atoms with E-state index in [1.54, 1.807) is 6.92 Å².